The Morgan fingerprint density at radius 3 is 1.80 bits per heavy atom. The van der Waals surface area contributed by atoms with Gasteiger partial charge in [-0.1, -0.05) is 89.1 Å². The maximum absolute atomic E-state index is 3.49. The van der Waals surface area contributed by atoms with Gasteiger partial charge in [0.2, 0.25) is 0 Å². The molecule has 0 N–H and O–H groups in total. The van der Waals surface area contributed by atoms with Gasteiger partial charge in [-0.25, -0.2) is 0 Å². The molecule has 0 heterocycles. The van der Waals surface area contributed by atoms with Gasteiger partial charge in [-0.2, -0.15) is 0 Å². The lowest BCUT2D eigenvalue weighted by Crippen LogP contribution is -1.88. The average Bonchev–Trinajstić information content (AvgIpc) is 2.53. The quantitative estimate of drug-likeness (QED) is 0.427. The molecule has 0 bridgehead atoms. The summed E-state index contributed by atoms with van der Waals surface area (Å²) in [6.07, 6.45) is 7.35. The van der Waals surface area contributed by atoms with E-state index in [0.717, 1.165) is 11.8 Å². The molecule has 0 aliphatic heterocycles. The van der Waals surface area contributed by atoms with E-state index in [2.05, 4.69) is 82.7 Å². The summed E-state index contributed by atoms with van der Waals surface area (Å²) in [5.41, 5.74) is 3.96. The minimum absolute atomic E-state index is 1.11. The molecule has 0 aromatic heterocycles. The van der Waals surface area contributed by atoms with Crippen LogP contribution in [0.4, 0.5) is 0 Å². The molecule has 20 heavy (non-hydrogen) atoms. The normalized spacial score (nSPS) is 10.2. The minimum atomic E-state index is 1.11. The highest BCUT2D eigenvalue weighted by atomic mass is 79.9. The highest BCUT2D eigenvalue weighted by Crippen LogP contribution is 2.24. The van der Waals surface area contributed by atoms with Crippen LogP contribution in [0.2, 0.25) is 0 Å². The van der Waals surface area contributed by atoms with Crippen molar-refractivity contribution in [3.05, 3.63) is 77.9 Å². The third kappa shape index (κ3) is 4.64. The SMILES string of the molecule is BrCCCCCC=C(c1ccccc1)c1ccccc1. The smallest absolute Gasteiger partial charge is 0.00313 e. The second kappa shape index (κ2) is 8.76. The zero-order valence-electron chi connectivity index (χ0n) is 11.8. The van der Waals surface area contributed by atoms with Crippen LogP contribution in [0.5, 0.6) is 0 Å². The van der Waals surface area contributed by atoms with Crippen molar-refractivity contribution in [2.75, 3.05) is 5.33 Å². The first-order chi connectivity index (χ1) is 9.92. The Morgan fingerprint density at radius 2 is 1.30 bits per heavy atom. The Labute approximate surface area is 130 Å². The molecule has 0 aliphatic carbocycles. The van der Waals surface area contributed by atoms with Crippen molar-refractivity contribution in [3.63, 3.8) is 0 Å². The first-order valence-electron chi connectivity index (χ1n) is 7.29. The van der Waals surface area contributed by atoms with Crippen LogP contribution >= 0.6 is 15.9 Å². The number of hydrogen-bond acceptors (Lipinski definition) is 0. The number of allylic oxidation sites excluding steroid dienone is 1. The second-order valence-corrected chi connectivity index (χ2v) is 5.68. The zero-order valence-corrected chi connectivity index (χ0v) is 13.4. The van der Waals surface area contributed by atoms with Crippen LogP contribution in [0.1, 0.15) is 36.8 Å². The first kappa shape index (κ1) is 15.1. The van der Waals surface area contributed by atoms with Gasteiger partial charge in [0.25, 0.3) is 0 Å². The Balaban J connectivity index is 2.15. The van der Waals surface area contributed by atoms with Crippen LogP contribution in [0.3, 0.4) is 0 Å². The lowest BCUT2D eigenvalue weighted by Gasteiger charge is -2.08. The minimum Gasteiger partial charge on any atom is -0.0928 e. The summed E-state index contributed by atoms with van der Waals surface area (Å²) in [7, 11) is 0. The molecule has 0 aliphatic rings. The van der Waals surface area contributed by atoms with E-state index in [1.54, 1.807) is 0 Å². The molecule has 0 nitrogen and oxygen atoms in total. The summed E-state index contributed by atoms with van der Waals surface area (Å²) < 4.78 is 0. The van der Waals surface area contributed by atoms with E-state index in [-0.39, 0.29) is 0 Å². The molecule has 0 fully saturated rings. The molecule has 0 unspecified atom stereocenters. The topological polar surface area (TPSA) is 0 Å². The van der Waals surface area contributed by atoms with E-state index in [4.69, 9.17) is 0 Å². The molecule has 104 valence electrons. The lowest BCUT2D eigenvalue weighted by molar-refractivity contribution is 0.737. The van der Waals surface area contributed by atoms with Gasteiger partial charge in [0, 0.05) is 5.33 Å². The maximum Gasteiger partial charge on any atom is 0.00313 e. The second-order valence-electron chi connectivity index (χ2n) is 4.89. The Kier molecular flexibility index (Phi) is 6.59. The molecule has 0 saturated heterocycles. The predicted molar refractivity (Wildman–Crippen MR) is 92.2 cm³/mol. The van der Waals surface area contributed by atoms with Gasteiger partial charge < -0.3 is 0 Å². The van der Waals surface area contributed by atoms with Crippen molar-refractivity contribution in [2.45, 2.75) is 25.7 Å². The molecule has 2 aromatic carbocycles. The first-order valence-corrected chi connectivity index (χ1v) is 8.41. The van der Waals surface area contributed by atoms with E-state index in [0.29, 0.717) is 0 Å². The number of unbranched alkanes of at least 4 members (excludes halogenated alkanes) is 3. The molecular weight excluding hydrogens is 308 g/mol. The highest BCUT2D eigenvalue weighted by molar-refractivity contribution is 9.09. The molecule has 1 heteroatoms. The standard InChI is InChI=1S/C19H21Br/c20-16-10-2-1-9-15-19(17-11-5-3-6-12-17)18-13-7-4-8-14-18/h3-8,11-15H,1-2,9-10,16H2. The monoisotopic (exact) mass is 328 g/mol. The van der Waals surface area contributed by atoms with Gasteiger partial charge in [-0.05, 0) is 36.0 Å². The van der Waals surface area contributed by atoms with Crippen LogP contribution in [0.15, 0.2) is 66.7 Å². The fourth-order valence-electron chi connectivity index (χ4n) is 2.30. The number of alkyl halides is 1. The Bertz CT molecular complexity index is 472. The lowest BCUT2D eigenvalue weighted by atomic mass is 9.96. The maximum atomic E-state index is 3.49. The third-order valence-electron chi connectivity index (χ3n) is 3.36. The fourth-order valence-corrected chi connectivity index (χ4v) is 2.70. The van der Waals surface area contributed by atoms with E-state index in [9.17, 15) is 0 Å². The van der Waals surface area contributed by atoms with Crippen molar-refractivity contribution in [2.24, 2.45) is 0 Å². The fraction of sp³-hybridized carbons (Fsp3) is 0.263. The molecule has 0 amide bonds. The van der Waals surface area contributed by atoms with Gasteiger partial charge in [-0.3, -0.25) is 0 Å². The molecular formula is C19H21Br. The summed E-state index contributed by atoms with van der Waals surface area (Å²) >= 11 is 3.49. The van der Waals surface area contributed by atoms with Gasteiger partial charge in [0.05, 0.1) is 0 Å². The summed E-state index contributed by atoms with van der Waals surface area (Å²) in [4.78, 5) is 0. The molecule has 2 aromatic rings. The largest absolute Gasteiger partial charge is 0.0928 e. The van der Waals surface area contributed by atoms with Gasteiger partial charge >= 0.3 is 0 Å². The van der Waals surface area contributed by atoms with Crippen LogP contribution in [-0.2, 0) is 0 Å². The molecule has 2 rings (SSSR count). The Hall–Kier alpha value is -1.34. The molecule has 0 spiro atoms. The van der Waals surface area contributed by atoms with Crippen molar-refractivity contribution >= 4 is 21.5 Å². The van der Waals surface area contributed by atoms with Crippen LogP contribution in [0, 0.1) is 0 Å². The average molecular weight is 329 g/mol. The summed E-state index contributed by atoms with van der Waals surface area (Å²) in [5.74, 6) is 0. The van der Waals surface area contributed by atoms with Gasteiger partial charge in [-0.15, -0.1) is 0 Å². The van der Waals surface area contributed by atoms with E-state index >= 15 is 0 Å². The zero-order chi connectivity index (χ0) is 14.0. The van der Waals surface area contributed by atoms with Crippen LogP contribution < -0.4 is 0 Å². The number of halogens is 1. The molecule has 0 saturated carbocycles. The van der Waals surface area contributed by atoms with Gasteiger partial charge in [0.1, 0.15) is 0 Å². The predicted octanol–water partition coefficient (Wildman–Crippen LogP) is 6.07. The highest BCUT2D eigenvalue weighted by Gasteiger charge is 2.03. The van der Waals surface area contributed by atoms with E-state index < -0.39 is 0 Å². The summed E-state index contributed by atoms with van der Waals surface area (Å²) in [5, 5.41) is 1.11. The van der Waals surface area contributed by atoms with Crippen molar-refractivity contribution < 1.29 is 0 Å². The number of rotatable bonds is 7. The number of hydrogen-bond donors (Lipinski definition) is 0. The summed E-state index contributed by atoms with van der Waals surface area (Å²) in [6.45, 7) is 0. The Morgan fingerprint density at radius 1 is 0.750 bits per heavy atom. The van der Waals surface area contributed by atoms with E-state index in [1.807, 2.05) is 0 Å². The van der Waals surface area contributed by atoms with Crippen LogP contribution in [0.25, 0.3) is 5.57 Å². The van der Waals surface area contributed by atoms with Gasteiger partial charge in [0.15, 0.2) is 0 Å². The molecule has 0 atom stereocenters. The molecule has 0 radical (unpaired) electrons. The third-order valence-corrected chi connectivity index (χ3v) is 3.92. The van der Waals surface area contributed by atoms with Crippen molar-refractivity contribution in [3.8, 4) is 0 Å². The van der Waals surface area contributed by atoms with E-state index in [1.165, 1.54) is 36.0 Å². The van der Waals surface area contributed by atoms with Crippen LogP contribution in [-0.4, -0.2) is 5.33 Å². The number of benzene rings is 2. The van der Waals surface area contributed by atoms with Crippen molar-refractivity contribution in [1.82, 2.24) is 0 Å². The summed E-state index contributed by atoms with van der Waals surface area (Å²) in [6, 6.07) is 21.3. The van der Waals surface area contributed by atoms with Crippen molar-refractivity contribution in [1.29, 1.82) is 0 Å².